The van der Waals surface area contributed by atoms with Crippen LogP contribution in [0.3, 0.4) is 0 Å². The fourth-order valence-corrected chi connectivity index (χ4v) is 3.41. The van der Waals surface area contributed by atoms with Crippen molar-refractivity contribution in [2.24, 2.45) is 5.92 Å². The number of nitrogens with zero attached hydrogens (tertiary/aromatic N) is 2. The van der Waals surface area contributed by atoms with Gasteiger partial charge in [-0.05, 0) is 19.8 Å². The van der Waals surface area contributed by atoms with E-state index in [0.29, 0.717) is 25.9 Å². The van der Waals surface area contributed by atoms with Gasteiger partial charge in [0.2, 0.25) is 0 Å². The molecule has 5 nitrogen and oxygen atoms in total. The topological polar surface area (TPSA) is 71.6 Å². The molecule has 0 radical (unpaired) electrons. The predicted octanol–water partition coefficient (Wildman–Crippen LogP) is -1.59. The molecular formula is C14H23N3O2. The molecule has 0 saturated carbocycles. The van der Waals surface area contributed by atoms with Gasteiger partial charge in [0.15, 0.2) is 0 Å². The second-order valence-corrected chi connectivity index (χ2v) is 5.83. The van der Waals surface area contributed by atoms with Crippen LogP contribution in [-0.4, -0.2) is 49.1 Å². The van der Waals surface area contributed by atoms with Crippen LogP contribution in [0.5, 0.6) is 0 Å². The lowest BCUT2D eigenvalue weighted by atomic mass is 9.84. The second-order valence-electron chi connectivity index (χ2n) is 5.83. The van der Waals surface area contributed by atoms with Gasteiger partial charge >= 0.3 is 0 Å². The lowest BCUT2D eigenvalue weighted by Gasteiger charge is -2.45. The van der Waals surface area contributed by atoms with Crippen LogP contribution in [0.25, 0.3) is 0 Å². The molecule has 106 valence electrons. The van der Waals surface area contributed by atoms with Crippen molar-refractivity contribution >= 4 is 5.97 Å². The summed E-state index contributed by atoms with van der Waals surface area (Å²) in [7, 11) is 0. The van der Waals surface area contributed by atoms with Crippen molar-refractivity contribution in [3.63, 3.8) is 0 Å². The van der Waals surface area contributed by atoms with Gasteiger partial charge in [-0.25, -0.2) is 0 Å². The maximum Gasteiger partial charge on any atom is 0.119 e. The van der Waals surface area contributed by atoms with Gasteiger partial charge in [-0.3, -0.25) is 4.90 Å². The fraction of sp³-hybridized carbons (Fsp3) is 0.857. The maximum absolute atomic E-state index is 10.9. The van der Waals surface area contributed by atoms with Crippen LogP contribution in [0, 0.1) is 17.2 Å². The number of likely N-dealkylation sites (tertiary alicyclic amines) is 2. The summed E-state index contributed by atoms with van der Waals surface area (Å²) in [5, 5.41) is 20.5. The van der Waals surface area contributed by atoms with E-state index in [9.17, 15) is 15.2 Å². The first-order valence-electron chi connectivity index (χ1n) is 7.32. The number of nitrogens with one attached hydrogen (secondary N) is 1. The molecule has 2 rings (SSSR count). The summed E-state index contributed by atoms with van der Waals surface area (Å²) in [6, 6.07) is 2.53. The highest BCUT2D eigenvalue weighted by molar-refractivity contribution is 5.67. The molecule has 0 atom stereocenters. The number of quaternary nitrogens is 1. The van der Waals surface area contributed by atoms with Crippen LogP contribution in [0.15, 0.2) is 0 Å². The smallest absolute Gasteiger partial charge is 0.119 e. The van der Waals surface area contributed by atoms with Crippen molar-refractivity contribution in [3.05, 3.63) is 0 Å². The zero-order chi connectivity index (χ0) is 13.9. The lowest BCUT2D eigenvalue weighted by Crippen LogP contribution is -3.13. The van der Waals surface area contributed by atoms with Crippen LogP contribution in [0.2, 0.25) is 0 Å². The highest BCUT2D eigenvalue weighted by Gasteiger charge is 2.42. The van der Waals surface area contributed by atoms with Gasteiger partial charge in [0.1, 0.15) is 5.54 Å². The van der Waals surface area contributed by atoms with Crippen LogP contribution in [0.1, 0.15) is 32.6 Å². The lowest BCUT2D eigenvalue weighted by molar-refractivity contribution is -0.904. The van der Waals surface area contributed by atoms with Crippen LogP contribution < -0.4 is 10.0 Å². The first-order chi connectivity index (χ1) is 9.11. The predicted molar refractivity (Wildman–Crippen MR) is 68.1 cm³/mol. The van der Waals surface area contributed by atoms with Crippen LogP contribution in [-0.2, 0) is 4.79 Å². The van der Waals surface area contributed by atoms with Crippen molar-refractivity contribution in [1.82, 2.24) is 4.90 Å². The molecule has 2 heterocycles. The summed E-state index contributed by atoms with van der Waals surface area (Å²) in [5.41, 5.74) is -0.352. The van der Waals surface area contributed by atoms with Crippen molar-refractivity contribution in [1.29, 1.82) is 5.26 Å². The number of carboxylic acid groups (broad SMARTS) is 1. The minimum atomic E-state index is -0.934. The molecule has 0 aromatic carbocycles. The molecule has 2 saturated heterocycles. The van der Waals surface area contributed by atoms with E-state index in [2.05, 4.69) is 17.9 Å². The monoisotopic (exact) mass is 265 g/mol. The Balaban J connectivity index is 1.97. The largest absolute Gasteiger partial charge is 0.550 e. The number of hydrogen-bond donors (Lipinski definition) is 1. The Hall–Kier alpha value is -1.12. The average Bonchev–Trinajstić information content (AvgIpc) is 2.47. The Kier molecular flexibility index (Phi) is 4.43. The van der Waals surface area contributed by atoms with E-state index in [1.807, 2.05) is 0 Å². The van der Waals surface area contributed by atoms with Crippen LogP contribution >= 0.6 is 0 Å². The number of piperidine rings is 2. The standard InChI is InChI=1S/C14H23N3O2/c1-2-16-9-5-14(11-15,6-10-16)17-7-3-12(4-8-17)13(18)19/h12H,2-10H2,1H3,(H,18,19). The summed E-state index contributed by atoms with van der Waals surface area (Å²) in [6.07, 6.45) is 3.05. The number of carboxylic acids is 1. The fourth-order valence-electron chi connectivity index (χ4n) is 3.41. The van der Waals surface area contributed by atoms with Crippen LogP contribution in [0.4, 0.5) is 0 Å². The first-order valence-corrected chi connectivity index (χ1v) is 7.32. The number of carbonyl (C=O) groups is 1. The Bertz CT molecular complexity index is 361. The third kappa shape index (κ3) is 2.90. The summed E-state index contributed by atoms with van der Waals surface area (Å²) >= 11 is 0. The third-order valence-corrected chi connectivity index (χ3v) is 4.93. The quantitative estimate of drug-likeness (QED) is 0.668. The zero-order valence-electron chi connectivity index (χ0n) is 11.7. The second kappa shape index (κ2) is 5.89. The molecular weight excluding hydrogens is 242 g/mol. The van der Waals surface area contributed by atoms with Gasteiger partial charge in [-0.1, -0.05) is 0 Å². The SMILES string of the molecule is CC[NH+]1CCC(C#N)(N2CCC(C(=O)[O-])CC2)CC1. The van der Waals surface area contributed by atoms with Crippen molar-refractivity contribution in [2.75, 3.05) is 32.7 Å². The van der Waals surface area contributed by atoms with E-state index in [1.165, 1.54) is 0 Å². The Labute approximate surface area is 114 Å². The number of carbonyl (C=O) groups excluding carboxylic acids is 1. The van der Waals surface area contributed by atoms with Gasteiger partial charge in [-0.2, -0.15) is 5.26 Å². The summed E-state index contributed by atoms with van der Waals surface area (Å²) in [4.78, 5) is 14.7. The zero-order valence-corrected chi connectivity index (χ0v) is 11.7. The van der Waals surface area contributed by atoms with Gasteiger partial charge in [0.25, 0.3) is 0 Å². The molecule has 2 aliphatic heterocycles. The number of rotatable bonds is 3. The highest BCUT2D eigenvalue weighted by atomic mass is 16.4. The number of hydrogen-bond acceptors (Lipinski definition) is 4. The first kappa shape index (κ1) is 14.3. The van der Waals surface area contributed by atoms with Gasteiger partial charge < -0.3 is 14.8 Å². The minimum Gasteiger partial charge on any atom is -0.550 e. The van der Waals surface area contributed by atoms with E-state index in [-0.39, 0.29) is 11.5 Å². The molecule has 0 aliphatic carbocycles. The molecule has 19 heavy (non-hydrogen) atoms. The van der Waals surface area contributed by atoms with E-state index >= 15 is 0 Å². The molecule has 0 bridgehead atoms. The molecule has 2 aliphatic rings. The molecule has 5 heteroatoms. The summed E-state index contributed by atoms with van der Waals surface area (Å²) < 4.78 is 0. The molecule has 0 amide bonds. The van der Waals surface area contributed by atoms with Gasteiger partial charge in [0, 0.05) is 37.8 Å². The number of nitriles is 1. The third-order valence-electron chi connectivity index (χ3n) is 4.93. The summed E-state index contributed by atoms with van der Waals surface area (Å²) in [6.45, 7) is 6.82. The molecule has 0 spiro atoms. The van der Waals surface area contributed by atoms with E-state index in [4.69, 9.17) is 0 Å². The van der Waals surface area contributed by atoms with Gasteiger partial charge in [-0.15, -0.1) is 0 Å². The number of aliphatic carboxylic acids is 1. The van der Waals surface area contributed by atoms with E-state index < -0.39 is 5.97 Å². The average molecular weight is 265 g/mol. The minimum absolute atomic E-state index is 0.326. The van der Waals surface area contributed by atoms with Crippen molar-refractivity contribution < 1.29 is 14.8 Å². The normalized spacial score (nSPS) is 33.8. The van der Waals surface area contributed by atoms with E-state index in [0.717, 1.165) is 32.5 Å². The molecule has 2 fully saturated rings. The maximum atomic E-state index is 10.9. The van der Waals surface area contributed by atoms with Crippen molar-refractivity contribution in [3.8, 4) is 6.07 Å². The highest BCUT2D eigenvalue weighted by Crippen LogP contribution is 2.29. The van der Waals surface area contributed by atoms with Gasteiger partial charge in [0.05, 0.1) is 25.7 Å². The Morgan fingerprint density at radius 1 is 1.42 bits per heavy atom. The molecule has 0 unspecified atom stereocenters. The molecule has 1 N–H and O–H groups in total. The Morgan fingerprint density at radius 2 is 2.00 bits per heavy atom. The van der Waals surface area contributed by atoms with Crippen molar-refractivity contribution in [2.45, 2.75) is 38.1 Å². The molecule has 0 aromatic heterocycles. The Morgan fingerprint density at radius 3 is 2.42 bits per heavy atom. The van der Waals surface area contributed by atoms with E-state index in [1.54, 1.807) is 4.90 Å². The molecule has 0 aromatic rings. The summed E-state index contributed by atoms with van der Waals surface area (Å²) in [5.74, 6) is -1.26.